The molecule has 2 atom stereocenters. The highest BCUT2D eigenvalue weighted by Crippen LogP contribution is 2.28. The van der Waals surface area contributed by atoms with Crippen LogP contribution in [-0.2, 0) is 6.54 Å². The molecule has 3 aromatic heterocycles. The summed E-state index contributed by atoms with van der Waals surface area (Å²) >= 11 is 0. The van der Waals surface area contributed by atoms with Gasteiger partial charge in [-0.1, -0.05) is 6.92 Å². The molecular formula is C21H29N7. The number of hydrogen-bond donors (Lipinski definition) is 1. The smallest absolute Gasteiger partial charge is 0.207 e. The Balaban J connectivity index is 1.92. The fourth-order valence-electron chi connectivity index (χ4n) is 3.97. The highest BCUT2D eigenvalue weighted by atomic mass is 15.3. The summed E-state index contributed by atoms with van der Waals surface area (Å²) in [6.07, 6.45) is 4.84. The predicted molar refractivity (Wildman–Crippen MR) is 111 cm³/mol. The summed E-state index contributed by atoms with van der Waals surface area (Å²) in [4.78, 5) is 19.1. The lowest BCUT2D eigenvalue weighted by atomic mass is 10.1. The van der Waals surface area contributed by atoms with E-state index in [2.05, 4.69) is 60.1 Å². The molecule has 0 saturated carbocycles. The molecule has 0 unspecified atom stereocenters. The lowest BCUT2D eigenvalue weighted by Crippen LogP contribution is -2.27. The van der Waals surface area contributed by atoms with Crippen LogP contribution in [0.4, 0.5) is 5.95 Å². The van der Waals surface area contributed by atoms with Gasteiger partial charge >= 0.3 is 0 Å². The minimum absolute atomic E-state index is 0.275. The van der Waals surface area contributed by atoms with Gasteiger partial charge in [0, 0.05) is 24.0 Å². The zero-order chi connectivity index (χ0) is 20.0. The molecule has 0 radical (unpaired) electrons. The minimum atomic E-state index is 0.275. The van der Waals surface area contributed by atoms with Crippen LogP contribution in [0.3, 0.4) is 0 Å². The van der Waals surface area contributed by atoms with Crippen LogP contribution in [0.25, 0.3) is 11.2 Å². The number of pyridine rings is 1. The summed E-state index contributed by atoms with van der Waals surface area (Å²) in [7, 11) is 0. The number of fused-ring (bicyclic) bond motifs is 2. The van der Waals surface area contributed by atoms with E-state index < -0.39 is 0 Å². The van der Waals surface area contributed by atoms with Gasteiger partial charge in [-0.25, -0.2) is 4.98 Å². The second kappa shape index (κ2) is 7.04. The van der Waals surface area contributed by atoms with E-state index >= 15 is 0 Å². The number of imidazole rings is 1. The molecule has 1 N–H and O–H groups in total. The number of nitrogens with zero attached hydrogens (tertiary/aromatic N) is 6. The van der Waals surface area contributed by atoms with Gasteiger partial charge in [0.1, 0.15) is 0 Å². The Morgan fingerprint density at radius 1 is 1.25 bits per heavy atom. The first kappa shape index (κ1) is 18.7. The van der Waals surface area contributed by atoms with Crippen molar-refractivity contribution in [1.29, 1.82) is 0 Å². The topological polar surface area (TPSA) is 72.9 Å². The predicted octanol–water partition coefficient (Wildman–Crippen LogP) is 3.69. The summed E-state index contributed by atoms with van der Waals surface area (Å²) < 4.78 is 4.32. The molecule has 0 aromatic carbocycles. The average Bonchev–Trinajstić information content (AvgIpc) is 3.21. The Hall–Kier alpha value is -2.70. The lowest BCUT2D eigenvalue weighted by molar-refractivity contribution is 0.490. The van der Waals surface area contributed by atoms with Gasteiger partial charge in [0.15, 0.2) is 16.7 Å². The van der Waals surface area contributed by atoms with Gasteiger partial charge in [0.25, 0.3) is 0 Å². The minimum Gasteiger partial charge on any atom is -0.351 e. The molecule has 3 aromatic rings. The molecule has 4 rings (SSSR count). The first-order valence-electron chi connectivity index (χ1n) is 10.1. The second-order valence-electron chi connectivity index (χ2n) is 8.01. The SMILES string of the molecule is CC[C@@H]1Nc2nc3c(ncn3C(C)C)c(=NCc3cnc(C)cc3C)n2[C@H]1C. The van der Waals surface area contributed by atoms with Crippen LogP contribution in [0.15, 0.2) is 23.6 Å². The summed E-state index contributed by atoms with van der Waals surface area (Å²) in [5.74, 6) is 0.881. The molecule has 28 heavy (non-hydrogen) atoms. The summed E-state index contributed by atoms with van der Waals surface area (Å²) in [6, 6.07) is 3.02. The maximum Gasteiger partial charge on any atom is 0.207 e. The van der Waals surface area contributed by atoms with E-state index in [4.69, 9.17) is 15.0 Å². The third-order valence-electron chi connectivity index (χ3n) is 5.70. The molecule has 0 aliphatic carbocycles. The van der Waals surface area contributed by atoms with Crippen molar-refractivity contribution in [2.45, 2.75) is 72.6 Å². The fraction of sp³-hybridized carbons (Fsp3) is 0.524. The van der Waals surface area contributed by atoms with Crippen LogP contribution >= 0.6 is 0 Å². The summed E-state index contributed by atoms with van der Waals surface area (Å²) in [5.41, 5.74) is 6.03. The Bertz CT molecular complexity index is 1090. The summed E-state index contributed by atoms with van der Waals surface area (Å²) in [5, 5.41) is 3.58. The molecule has 1 aliphatic rings. The number of aryl methyl sites for hydroxylation is 2. The quantitative estimate of drug-likeness (QED) is 0.750. The fourth-order valence-corrected chi connectivity index (χ4v) is 3.97. The standard InChI is InChI=1S/C21H29N7/c1-7-17-15(6)28-19(23-10-16-9-22-14(5)8-13(16)4)18-20(26-21(28)25-17)27(11-24-18)12(2)3/h8-9,11-12,15,17H,7,10H2,1-6H3,(H,25,26)/t15-,17-/m0/s1. The van der Waals surface area contributed by atoms with Gasteiger partial charge in [-0.2, -0.15) is 4.98 Å². The van der Waals surface area contributed by atoms with Crippen LogP contribution in [-0.4, -0.2) is 30.1 Å². The average molecular weight is 380 g/mol. The summed E-state index contributed by atoms with van der Waals surface area (Å²) in [6.45, 7) is 13.4. The van der Waals surface area contributed by atoms with Crippen molar-refractivity contribution < 1.29 is 0 Å². The third-order valence-corrected chi connectivity index (χ3v) is 5.70. The van der Waals surface area contributed by atoms with Crippen molar-refractivity contribution >= 4 is 17.1 Å². The second-order valence-corrected chi connectivity index (χ2v) is 8.01. The molecule has 7 nitrogen and oxygen atoms in total. The van der Waals surface area contributed by atoms with Crippen LogP contribution in [0.2, 0.25) is 0 Å². The number of aromatic nitrogens is 5. The van der Waals surface area contributed by atoms with Crippen molar-refractivity contribution in [3.63, 3.8) is 0 Å². The van der Waals surface area contributed by atoms with Crippen molar-refractivity contribution in [3.05, 3.63) is 40.9 Å². The number of nitrogens with one attached hydrogen (secondary N) is 1. The Morgan fingerprint density at radius 3 is 2.71 bits per heavy atom. The van der Waals surface area contributed by atoms with Crippen molar-refractivity contribution in [3.8, 4) is 0 Å². The molecule has 1 aliphatic heterocycles. The monoisotopic (exact) mass is 379 g/mol. The van der Waals surface area contributed by atoms with Crippen LogP contribution < -0.4 is 10.8 Å². The van der Waals surface area contributed by atoms with E-state index in [0.717, 1.165) is 40.3 Å². The number of hydrogen-bond acceptors (Lipinski definition) is 5. The highest BCUT2D eigenvalue weighted by Gasteiger charge is 2.30. The zero-order valence-corrected chi connectivity index (χ0v) is 17.6. The van der Waals surface area contributed by atoms with Crippen molar-refractivity contribution in [2.24, 2.45) is 4.99 Å². The van der Waals surface area contributed by atoms with Crippen molar-refractivity contribution in [2.75, 3.05) is 5.32 Å². The van der Waals surface area contributed by atoms with Crippen LogP contribution in [0.1, 0.15) is 63.0 Å². The molecule has 7 heteroatoms. The van der Waals surface area contributed by atoms with Crippen molar-refractivity contribution in [1.82, 2.24) is 24.1 Å². The lowest BCUT2D eigenvalue weighted by Gasteiger charge is -2.14. The Kier molecular flexibility index (Phi) is 4.69. The number of anilines is 1. The van der Waals surface area contributed by atoms with Crippen LogP contribution in [0, 0.1) is 13.8 Å². The van der Waals surface area contributed by atoms with Gasteiger partial charge < -0.3 is 9.88 Å². The molecule has 4 heterocycles. The van der Waals surface area contributed by atoms with E-state index in [1.807, 2.05) is 19.4 Å². The van der Waals surface area contributed by atoms with Gasteiger partial charge in [0.05, 0.1) is 18.9 Å². The van der Waals surface area contributed by atoms with E-state index in [-0.39, 0.29) is 12.1 Å². The Labute approximate surface area is 165 Å². The normalized spacial score (nSPS) is 19.5. The third kappa shape index (κ3) is 2.99. The van der Waals surface area contributed by atoms with Gasteiger partial charge in [-0.05, 0) is 58.2 Å². The van der Waals surface area contributed by atoms with Crippen LogP contribution in [0.5, 0.6) is 0 Å². The maximum atomic E-state index is 5.03. The molecule has 0 saturated heterocycles. The van der Waals surface area contributed by atoms with E-state index in [1.54, 1.807) is 0 Å². The molecule has 0 fully saturated rings. The van der Waals surface area contributed by atoms with Gasteiger partial charge in [0.2, 0.25) is 5.95 Å². The molecule has 0 spiro atoms. The highest BCUT2D eigenvalue weighted by molar-refractivity contribution is 5.71. The number of rotatable bonds is 4. The first-order chi connectivity index (χ1) is 13.4. The molecular weight excluding hydrogens is 350 g/mol. The Morgan fingerprint density at radius 2 is 2.04 bits per heavy atom. The zero-order valence-electron chi connectivity index (χ0n) is 17.6. The molecule has 0 bridgehead atoms. The van der Waals surface area contributed by atoms with Gasteiger partial charge in [-0.15, -0.1) is 0 Å². The van der Waals surface area contributed by atoms with E-state index in [1.165, 1.54) is 5.56 Å². The molecule has 0 amide bonds. The first-order valence-corrected chi connectivity index (χ1v) is 10.1. The van der Waals surface area contributed by atoms with E-state index in [0.29, 0.717) is 12.6 Å². The molecule has 148 valence electrons. The van der Waals surface area contributed by atoms with Gasteiger partial charge in [-0.3, -0.25) is 14.5 Å². The van der Waals surface area contributed by atoms with E-state index in [9.17, 15) is 0 Å². The maximum absolute atomic E-state index is 5.03. The largest absolute Gasteiger partial charge is 0.351 e.